The summed E-state index contributed by atoms with van der Waals surface area (Å²) in [7, 11) is 1.19. The summed E-state index contributed by atoms with van der Waals surface area (Å²) in [4.78, 5) is 23.3. The number of methoxy groups -OCH3 is 1. The van der Waals surface area contributed by atoms with Gasteiger partial charge >= 0.3 is 5.97 Å². The monoisotopic (exact) mass is 281 g/mol. The van der Waals surface area contributed by atoms with E-state index in [-0.39, 0.29) is 0 Å². The first kappa shape index (κ1) is 16.0. The summed E-state index contributed by atoms with van der Waals surface area (Å²) in [6.07, 6.45) is -0.309. The summed E-state index contributed by atoms with van der Waals surface area (Å²) in [6.45, 7) is 1.26. The van der Waals surface area contributed by atoms with Gasteiger partial charge in [0.2, 0.25) is 0 Å². The van der Waals surface area contributed by atoms with Gasteiger partial charge in [0.05, 0.1) is 13.7 Å². The maximum absolute atomic E-state index is 12.0. The van der Waals surface area contributed by atoms with E-state index in [1.54, 1.807) is 31.2 Å². The number of carbonyl (C=O) groups excluding carboxylic acids is 2. The lowest BCUT2D eigenvalue weighted by Crippen LogP contribution is -2.49. The highest BCUT2D eigenvalue weighted by molar-refractivity contribution is 5.87. The summed E-state index contributed by atoms with van der Waals surface area (Å²) in [5.74, 6) is -0.607. The fraction of sp³-hybridized carbons (Fsp3) is 0.429. The Kier molecular flexibility index (Phi) is 6.52. The number of ether oxygens (including phenoxy) is 2. The van der Waals surface area contributed by atoms with Gasteiger partial charge in [0, 0.05) is 0 Å². The van der Waals surface area contributed by atoms with Crippen molar-refractivity contribution in [2.24, 2.45) is 0 Å². The minimum absolute atomic E-state index is 0.431. The van der Waals surface area contributed by atoms with Crippen LogP contribution in [0.2, 0.25) is 0 Å². The van der Waals surface area contributed by atoms with E-state index < -0.39 is 30.6 Å². The van der Waals surface area contributed by atoms with E-state index in [1.807, 2.05) is 6.07 Å². The maximum atomic E-state index is 12.0. The van der Waals surface area contributed by atoms with E-state index in [2.05, 4.69) is 10.1 Å². The van der Waals surface area contributed by atoms with Gasteiger partial charge in [-0.3, -0.25) is 4.79 Å². The molecule has 2 N–H and O–H groups in total. The van der Waals surface area contributed by atoms with Gasteiger partial charge in [0.1, 0.15) is 5.75 Å². The van der Waals surface area contributed by atoms with Gasteiger partial charge in [-0.2, -0.15) is 0 Å². The number of aliphatic hydroxyl groups is 1. The van der Waals surface area contributed by atoms with Crippen LogP contribution in [-0.2, 0) is 14.3 Å². The number of hydrogen-bond acceptors (Lipinski definition) is 5. The smallest absolute Gasteiger partial charge is 0.330 e. The van der Waals surface area contributed by atoms with Crippen LogP contribution in [0.4, 0.5) is 0 Å². The summed E-state index contributed by atoms with van der Waals surface area (Å²) < 4.78 is 10.0. The summed E-state index contributed by atoms with van der Waals surface area (Å²) in [5.41, 5.74) is 0. The van der Waals surface area contributed by atoms with Crippen LogP contribution in [0.5, 0.6) is 5.75 Å². The number of amides is 1. The topological polar surface area (TPSA) is 84.9 Å². The maximum Gasteiger partial charge on any atom is 0.330 e. The average Bonchev–Trinajstić information content (AvgIpc) is 2.50. The molecule has 0 bridgehead atoms. The number of para-hydroxylation sites is 1. The molecule has 0 aliphatic carbocycles. The van der Waals surface area contributed by atoms with Crippen LogP contribution < -0.4 is 10.1 Å². The lowest BCUT2D eigenvalue weighted by molar-refractivity contribution is -0.147. The molecule has 0 spiro atoms. The van der Waals surface area contributed by atoms with Crippen molar-refractivity contribution in [2.45, 2.75) is 25.5 Å². The van der Waals surface area contributed by atoms with Crippen molar-refractivity contribution in [3.63, 3.8) is 0 Å². The third-order valence-electron chi connectivity index (χ3n) is 2.67. The Balaban J connectivity index is 2.65. The minimum Gasteiger partial charge on any atom is -0.481 e. The Labute approximate surface area is 117 Å². The van der Waals surface area contributed by atoms with Crippen molar-refractivity contribution in [1.82, 2.24) is 5.32 Å². The summed E-state index contributed by atoms with van der Waals surface area (Å²) >= 11 is 0. The van der Waals surface area contributed by atoms with Crippen molar-refractivity contribution in [3.8, 4) is 5.75 Å². The molecule has 2 unspecified atom stereocenters. The molecule has 0 aliphatic rings. The van der Waals surface area contributed by atoms with Crippen molar-refractivity contribution in [1.29, 1.82) is 0 Å². The first-order chi connectivity index (χ1) is 9.62. The van der Waals surface area contributed by atoms with Crippen molar-refractivity contribution in [2.75, 3.05) is 13.7 Å². The van der Waals surface area contributed by atoms with E-state index in [4.69, 9.17) is 9.84 Å². The zero-order valence-corrected chi connectivity index (χ0v) is 11.5. The summed E-state index contributed by atoms with van der Waals surface area (Å²) in [6, 6.07) is 7.82. The molecule has 0 aliphatic heterocycles. The quantitative estimate of drug-likeness (QED) is 0.711. The van der Waals surface area contributed by atoms with Gasteiger partial charge in [-0.1, -0.05) is 25.1 Å². The van der Waals surface area contributed by atoms with Crippen LogP contribution in [0.15, 0.2) is 30.3 Å². The van der Waals surface area contributed by atoms with E-state index >= 15 is 0 Å². The van der Waals surface area contributed by atoms with E-state index in [9.17, 15) is 9.59 Å². The second kappa shape index (κ2) is 8.16. The van der Waals surface area contributed by atoms with Gasteiger partial charge in [0.25, 0.3) is 5.91 Å². The SMILES string of the molecule is CCC(Oc1ccccc1)C(=O)NC(CO)C(=O)OC. The molecule has 0 heterocycles. The lowest BCUT2D eigenvalue weighted by Gasteiger charge is -2.20. The van der Waals surface area contributed by atoms with Gasteiger partial charge in [-0.05, 0) is 18.6 Å². The van der Waals surface area contributed by atoms with Gasteiger partial charge in [-0.25, -0.2) is 4.79 Å². The molecule has 110 valence electrons. The van der Waals surface area contributed by atoms with Gasteiger partial charge < -0.3 is 19.9 Å². The highest BCUT2D eigenvalue weighted by atomic mass is 16.5. The molecule has 20 heavy (non-hydrogen) atoms. The van der Waals surface area contributed by atoms with Crippen molar-refractivity contribution in [3.05, 3.63) is 30.3 Å². The average molecular weight is 281 g/mol. The van der Waals surface area contributed by atoms with Crippen LogP contribution in [0.25, 0.3) is 0 Å². The Hall–Kier alpha value is -2.08. The number of rotatable bonds is 7. The number of aliphatic hydroxyl groups excluding tert-OH is 1. The zero-order chi connectivity index (χ0) is 15.0. The van der Waals surface area contributed by atoms with Crippen LogP contribution in [0.1, 0.15) is 13.3 Å². The number of esters is 1. The number of benzene rings is 1. The predicted octanol–water partition coefficient (Wildman–Crippen LogP) is 0.494. The minimum atomic E-state index is -1.08. The second-order valence-corrected chi connectivity index (χ2v) is 4.09. The first-order valence-corrected chi connectivity index (χ1v) is 6.33. The molecule has 1 amide bonds. The van der Waals surface area contributed by atoms with Crippen LogP contribution in [0.3, 0.4) is 0 Å². The van der Waals surface area contributed by atoms with Crippen LogP contribution >= 0.6 is 0 Å². The molecular formula is C14H19NO5. The van der Waals surface area contributed by atoms with Gasteiger partial charge in [-0.15, -0.1) is 0 Å². The van der Waals surface area contributed by atoms with Crippen LogP contribution in [-0.4, -0.2) is 42.8 Å². The largest absolute Gasteiger partial charge is 0.481 e. The fourth-order valence-electron chi connectivity index (χ4n) is 1.57. The molecule has 0 fully saturated rings. The van der Waals surface area contributed by atoms with Crippen molar-refractivity contribution >= 4 is 11.9 Å². The Bertz CT molecular complexity index is 434. The molecule has 1 rings (SSSR count). The highest BCUT2D eigenvalue weighted by Crippen LogP contribution is 2.12. The van der Waals surface area contributed by atoms with Gasteiger partial charge in [0.15, 0.2) is 12.1 Å². The molecule has 1 aromatic rings. The van der Waals surface area contributed by atoms with E-state index in [0.717, 1.165) is 0 Å². The molecule has 6 heteroatoms. The molecule has 1 aromatic carbocycles. The van der Waals surface area contributed by atoms with Crippen molar-refractivity contribution < 1.29 is 24.2 Å². The molecule has 0 saturated carbocycles. The highest BCUT2D eigenvalue weighted by Gasteiger charge is 2.25. The predicted molar refractivity (Wildman–Crippen MR) is 72.2 cm³/mol. The van der Waals surface area contributed by atoms with E-state index in [1.165, 1.54) is 7.11 Å². The zero-order valence-electron chi connectivity index (χ0n) is 11.5. The fourth-order valence-corrected chi connectivity index (χ4v) is 1.57. The summed E-state index contributed by atoms with van der Waals surface area (Å²) in [5, 5.41) is 11.5. The molecular weight excluding hydrogens is 262 g/mol. The number of hydrogen-bond donors (Lipinski definition) is 2. The second-order valence-electron chi connectivity index (χ2n) is 4.09. The molecule has 0 radical (unpaired) electrons. The number of carbonyl (C=O) groups is 2. The van der Waals surface area contributed by atoms with Crippen LogP contribution in [0, 0.1) is 0 Å². The Morgan fingerprint density at radius 2 is 1.95 bits per heavy atom. The molecule has 0 aromatic heterocycles. The standard InChI is InChI=1S/C14H19NO5/c1-3-12(20-10-7-5-4-6-8-10)13(17)15-11(9-16)14(18)19-2/h4-8,11-12,16H,3,9H2,1-2H3,(H,15,17). The first-order valence-electron chi connectivity index (χ1n) is 6.33. The third-order valence-corrected chi connectivity index (χ3v) is 2.67. The normalized spacial score (nSPS) is 13.2. The Morgan fingerprint density at radius 1 is 1.30 bits per heavy atom. The molecule has 6 nitrogen and oxygen atoms in total. The lowest BCUT2D eigenvalue weighted by atomic mass is 10.2. The molecule has 2 atom stereocenters. The third kappa shape index (κ3) is 4.55. The van der Waals surface area contributed by atoms with E-state index in [0.29, 0.717) is 12.2 Å². The Morgan fingerprint density at radius 3 is 2.45 bits per heavy atom. The number of nitrogens with one attached hydrogen (secondary N) is 1. The molecule has 0 saturated heterocycles.